The second kappa shape index (κ2) is 9.20. The molecular formula is C27H25NO5. The van der Waals surface area contributed by atoms with Gasteiger partial charge in [-0.15, -0.1) is 0 Å². The van der Waals surface area contributed by atoms with Crippen molar-refractivity contribution in [1.82, 2.24) is 0 Å². The normalized spacial score (nSPS) is 17.3. The quantitative estimate of drug-likeness (QED) is 0.333. The van der Waals surface area contributed by atoms with Gasteiger partial charge in [0, 0.05) is 5.69 Å². The molecule has 4 rings (SSSR count). The number of carbonyl (C=O) groups is 2. The van der Waals surface area contributed by atoms with Crippen molar-refractivity contribution >= 4 is 23.1 Å². The summed E-state index contributed by atoms with van der Waals surface area (Å²) in [5.41, 5.74) is 2.68. The Bertz CT molecular complexity index is 1220. The molecule has 3 aromatic carbocycles. The van der Waals surface area contributed by atoms with Gasteiger partial charge in [0.15, 0.2) is 0 Å². The molecule has 0 aliphatic carbocycles. The Morgan fingerprint density at radius 3 is 2.24 bits per heavy atom. The predicted molar refractivity (Wildman–Crippen MR) is 127 cm³/mol. The van der Waals surface area contributed by atoms with Gasteiger partial charge in [-0.2, -0.15) is 0 Å². The highest BCUT2D eigenvalue weighted by Crippen LogP contribution is 2.43. The number of rotatable bonds is 6. The molecular weight excluding hydrogens is 418 g/mol. The van der Waals surface area contributed by atoms with Crippen molar-refractivity contribution in [3.05, 3.63) is 95.1 Å². The highest BCUT2D eigenvalue weighted by Gasteiger charge is 2.47. The van der Waals surface area contributed by atoms with E-state index >= 15 is 0 Å². The topological polar surface area (TPSA) is 76.1 Å². The first-order valence-corrected chi connectivity index (χ1v) is 10.7. The fraction of sp³-hybridized carbons (Fsp3) is 0.185. The molecule has 33 heavy (non-hydrogen) atoms. The number of hydrogen-bond acceptors (Lipinski definition) is 5. The van der Waals surface area contributed by atoms with Gasteiger partial charge in [0.2, 0.25) is 0 Å². The Kier molecular flexibility index (Phi) is 6.18. The fourth-order valence-corrected chi connectivity index (χ4v) is 4.09. The minimum absolute atomic E-state index is 0.00248. The Labute approximate surface area is 192 Å². The molecule has 0 radical (unpaired) electrons. The van der Waals surface area contributed by atoms with Crippen LogP contribution in [0, 0.1) is 0 Å². The van der Waals surface area contributed by atoms with Crippen LogP contribution in [0.15, 0.2) is 78.4 Å². The van der Waals surface area contributed by atoms with E-state index in [1.165, 1.54) is 19.1 Å². The molecule has 0 spiro atoms. The van der Waals surface area contributed by atoms with Gasteiger partial charge >= 0.3 is 0 Å². The van der Waals surface area contributed by atoms with E-state index in [1.807, 2.05) is 61.5 Å². The number of ether oxygens (including phenoxy) is 2. The van der Waals surface area contributed by atoms with Gasteiger partial charge in [-0.3, -0.25) is 14.5 Å². The average Bonchev–Trinajstić information content (AvgIpc) is 3.14. The zero-order valence-electron chi connectivity index (χ0n) is 18.7. The molecule has 6 nitrogen and oxygen atoms in total. The highest BCUT2D eigenvalue weighted by molar-refractivity contribution is 6.51. The number of nitrogens with zero attached hydrogens (tertiary/aromatic N) is 1. The van der Waals surface area contributed by atoms with Crippen LogP contribution in [-0.4, -0.2) is 31.0 Å². The monoisotopic (exact) mass is 443 g/mol. The molecule has 1 fully saturated rings. The summed E-state index contributed by atoms with van der Waals surface area (Å²) in [5.74, 6) is -0.926. The number of aliphatic hydroxyl groups is 1. The van der Waals surface area contributed by atoms with E-state index in [-0.39, 0.29) is 16.9 Å². The summed E-state index contributed by atoms with van der Waals surface area (Å²) in [6.07, 6.45) is 0.858. The molecule has 1 amide bonds. The first-order valence-electron chi connectivity index (χ1n) is 10.7. The van der Waals surface area contributed by atoms with Crippen molar-refractivity contribution in [1.29, 1.82) is 0 Å². The zero-order valence-corrected chi connectivity index (χ0v) is 18.7. The van der Waals surface area contributed by atoms with Crippen LogP contribution in [0.3, 0.4) is 0 Å². The Balaban J connectivity index is 1.95. The molecule has 3 aromatic rings. The summed E-state index contributed by atoms with van der Waals surface area (Å²) in [5, 5.41) is 11.4. The average molecular weight is 443 g/mol. The number of benzene rings is 3. The molecule has 1 aliphatic rings. The van der Waals surface area contributed by atoms with Crippen LogP contribution >= 0.6 is 0 Å². The molecule has 0 aromatic heterocycles. The van der Waals surface area contributed by atoms with Crippen LogP contribution < -0.4 is 14.4 Å². The molecule has 0 saturated carbocycles. The first-order chi connectivity index (χ1) is 16.0. The molecule has 1 unspecified atom stereocenters. The third kappa shape index (κ3) is 3.96. The van der Waals surface area contributed by atoms with E-state index in [9.17, 15) is 14.7 Å². The number of aliphatic hydroxyl groups excluding tert-OH is 1. The van der Waals surface area contributed by atoms with Crippen molar-refractivity contribution in [3.8, 4) is 11.5 Å². The SMILES string of the molecule is CCc1ccc(N2C(=O)C(=O)/C(=C(/O)c3cc(OC)ccc3OC)C2c2ccccc2)cc1. The summed E-state index contributed by atoms with van der Waals surface area (Å²) in [4.78, 5) is 28.0. The van der Waals surface area contributed by atoms with E-state index in [1.54, 1.807) is 18.2 Å². The number of hydrogen-bond donors (Lipinski definition) is 1. The van der Waals surface area contributed by atoms with Crippen LogP contribution in [0.25, 0.3) is 5.76 Å². The van der Waals surface area contributed by atoms with Crippen LogP contribution in [0.5, 0.6) is 11.5 Å². The maximum Gasteiger partial charge on any atom is 0.300 e. The zero-order chi connectivity index (χ0) is 23.5. The molecule has 0 bridgehead atoms. The van der Waals surface area contributed by atoms with Gasteiger partial charge in [-0.25, -0.2) is 0 Å². The number of aryl methyl sites for hydroxylation is 1. The maximum absolute atomic E-state index is 13.3. The molecule has 6 heteroatoms. The molecule has 1 saturated heterocycles. The van der Waals surface area contributed by atoms with Crippen molar-refractivity contribution in [3.63, 3.8) is 0 Å². The number of methoxy groups -OCH3 is 2. The summed E-state index contributed by atoms with van der Waals surface area (Å²) in [6, 6.07) is 20.8. The van der Waals surface area contributed by atoms with Crippen LogP contribution in [0.2, 0.25) is 0 Å². The molecule has 1 aliphatic heterocycles. The third-order valence-electron chi connectivity index (χ3n) is 5.84. The van der Waals surface area contributed by atoms with E-state index in [4.69, 9.17) is 9.47 Å². The second-order valence-corrected chi connectivity index (χ2v) is 7.67. The Hall–Kier alpha value is -4.06. The molecule has 1 N–H and O–H groups in total. The fourth-order valence-electron chi connectivity index (χ4n) is 4.09. The van der Waals surface area contributed by atoms with Gasteiger partial charge in [0.1, 0.15) is 17.3 Å². The molecule has 168 valence electrons. The molecule has 1 atom stereocenters. The number of amides is 1. The van der Waals surface area contributed by atoms with Crippen molar-refractivity contribution in [2.24, 2.45) is 0 Å². The van der Waals surface area contributed by atoms with E-state index in [0.29, 0.717) is 22.7 Å². The Morgan fingerprint density at radius 2 is 1.64 bits per heavy atom. The highest BCUT2D eigenvalue weighted by atomic mass is 16.5. The summed E-state index contributed by atoms with van der Waals surface area (Å²) in [6.45, 7) is 2.05. The first kappa shape index (κ1) is 22.1. The minimum atomic E-state index is -0.797. The van der Waals surface area contributed by atoms with Crippen molar-refractivity contribution < 1.29 is 24.2 Å². The lowest BCUT2D eigenvalue weighted by Gasteiger charge is -2.25. The third-order valence-corrected chi connectivity index (χ3v) is 5.84. The number of Topliss-reactive ketones (excluding diaryl/α,β-unsaturated/α-hetero) is 1. The minimum Gasteiger partial charge on any atom is -0.507 e. The van der Waals surface area contributed by atoms with Crippen molar-refractivity contribution in [2.75, 3.05) is 19.1 Å². The van der Waals surface area contributed by atoms with Crippen LogP contribution in [-0.2, 0) is 16.0 Å². The lowest BCUT2D eigenvalue weighted by molar-refractivity contribution is -0.132. The number of anilines is 1. The number of ketones is 1. The predicted octanol–water partition coefficient (Wildman–Crippen LogP) is 4.89. The number of carbonyl (C=O) groups excluding carboxylic acids is 2. The van der Waals surface area contributed by atoms with Gasteiger partial charge in [0.25, 0.3) is 11.7 Å². The Morgan fingerprint density at radius 1 is 0.939 bits per heavy atom. The van der Waals surface area contributed by atoms with Crippen molar-refractivity contribution in [2.45, 2.75) is 19.4 Å². The smallest absolute Gasteiger partial charge is 0.300 e. The lowest BCUT2D eigenvalue weighted by Crippen LogP contribution is -2.29. The largest absolute Gasteiger partial charge is 0.507 e. The molecule has 1 heterocycles. The van der Waals surface area contributed by atoms with Gasteiger partial charge in [-0.1, -0.05) is 49.4 Å². The lowest BCUT2D eigenvalue weighted by atomic mass is 9.94. The van der Waals surface area contributed by atoms with Gasteiger partial charge in [0.05, 0.1) is 31.4 Å². The summed E-state index contributed by atoms with van der Waals surface area (Å²) < 4.78 is 10.7. The summed E-state index contributed by atoms with van der Waals surface area (Å²) in [7, 11) is 2.98. The maximum atomic E-state index is 13.3. The van der Waals surface area contributed by atoms with E-state index in [0.717, 1.165) is 12.0 Å². The van der Waals surface area contributed by atoms with Gasteiger partial charge in [-0.05, 0) is 47.9 Å². The van der Waals surface area contributed by atoms with E-state index in [2.05, 4.69) is 0 Å². The van der Waals surface area contributed by atoms with Crippen LogP contribution in [0.4, 0.5) is 5.69 Å². The standard InChI is InChI=1S/C27H25NO5/c1-4-17-10-12-19(13-11-17)28-24(18-8-6-5-7-9-18)23(26(30)27(28)31)25(29)21-16-20(32-2)14-15-22(21)33-3/h5-16,24,29H,4H2,1-3H3/b25-23+. The summed E-state index contributed by atoms with van der Waals surface area (Å²) >= 11 is 0. The van der Waals surface area contributed by atoms with Crippen LogP contribution in [0.1, 0.15) is 29.7 Å². The van der Waals surface area contributed by atoms with E-state index < -0.39 is 17.7 Å². The van der Waals surface area contributed by atoms with Gasteiger partial charge < -0.3 is 14.6 Å². The second-order valence-electron chi connectivity index (χ2n) is 7.67.